The Kier molecular flexibility index (Phi) is 5.18. The molecule has 1 amide bonds. The van der Waals surface area contributed by atoms with Crippen molar-refractivity contribution in [1.29, 1.82) is 5.26 Å². The first kappa shape index (κ1) is 12.9. The minimum absolute atomic E-state index is 0.171. The second-order valence-corrected chi connectivity index (χ2v) is 4.11. The molecule has 0 aliphatic carbocycles. The Balaban J connectivity index is 3.92. The van der Waals surface area contributed by atoms with Crippen molar-refractivity contribution in [2.45, 2.75) is 39.7 Å². The van der Waals surface area contributed by atoms with Crippen LogP contribution in [0.4, 0.5) is 0 Å². The molecule has 14 heavy (non-hydrogen) atoms. The van der Waals surface area contributed by atoms with Crippen LogP contribution in [0.15, 0.2) is 0 Å². The SMILES string of the molecule is CCC[C@H](N)C(=O)NCC(C)(C)C#N. The number of carbonyl (C=O) groups is 1. The molecular formula is C10H19N3O. The molecular weight excluding hydrogens is 178 g/mol. The average Bonchev–Trinajstić information content (AvgIpc) is 2.15. The Bertz CT molecular complexity index is 230. The van der Waals surface area contributed by atoms with Gasteiger partial charge in [0.2, 0.25) is 5.91 Å². The van der Waals surface area contributed by atoms with E-state index in [-0.39, 0.29) is 5.91 Å². The highest BCUT2D eigenvalue weighted by Crippen LogP contribution is 2.10. The van der Waals surface area contributed by atoms with Gasteiger partial charge in [-0.25, -0.2) is 0 Å². The third-order valence-corrected chi connectivity index (χ3v) is 1.94. The van der Waals surface area contributed by atoms with Crippen LogP contribution < -0.4 is 11.1 Å². The van der Waals surface area contributed by atoms with Gasteiger partial charge < -0.3 is 11.1 Å². The minimum atomic E-state index is -0.526. The smallest absolute Gasteiger partial charge is 0.236 e. The molecule has 1 atom stereocenters. The lowest BCUT2D eigenvalue weighted by Gasteiger charge is -2.17. The zero-order valence-electron chi connectivity index (χ0n) is 9.13. The van der Waals surface area contributed by atoms with Crippen LogP contribution >= 0.6 is 0 Å². The molecule has 0 heterocycles. The summed E-state index contributed by atoms with van der Waals surface area (Å²) in [6.45, 7) is 5.88. The third kappa shape index (κ3) is 4.83. The van der Waals surface area contributed by atoms with Crippen LogP contribution in [0.25, 0.3) is 0 Å². The summed E-state index contributed by atoms with van der Waals surface area (Å²) in [6, 6.07) is 1.66. The largest absolute Gasteiger partial charge is 0.353 e. The van der Waals surface area contributed by atoms with Crippen molar-refractivity contribution in [2.75, 3.05) is 6.54 Å². The maximum Gasteiger partial charge on any atom is 0.236 e. The standard InChI is InChI=1S/C10H19N3O/c1-4-5-8(12)9(14)13-7-10(2,3)6-11/h8H,4-5,7,12H2,1-3H3,(H,13,14)/t8-/m0/s1. The highest BCUT2D eigenvalue weighted by atomic mass is 16.2. The number of nitriles is 1. The van der Waals surface area contributed by atoms with Crippen molar-refractivity contribution < 1.29 is 4.79 Å². The van der Waals surface area contributed by atoms with Crippen LogP contribution in [0.5, 0.6) is 0 Å². The predicted octanol–water partition coefficient (Wildman–Crippen LogP) is 0.780. The monoisotopic (exact) mass is 197 g/mol. The van der Waals surface area contributed by atoms with Gasteiger partial charge in [0.1, 0.15) is 0 Å². The first-order valence-corrected chi connectivity index (χ1v) is 4.87. The summed E-state index contributed by atoms with van der Waals surface area (Å²) >= 11 is 0. The molecule has 0 radical (unpaired) electrons. The van der Waals surface area contributed by atoms with Gasteiger partial charge in [-0.2, -0.15) is 5.26 Å². The van der Waals surface area contributed by atoms with Crippen molar-refractivity contribution in [2.24, 2.45) is 11.1 Å². The lowest BCUT2D eigenvalue weighted by Crippen LogP contribution is -2.43. The zero-order chi connectivity index (χ0) is 11.2. The summed E-state index contributed by atoms with van der Waals surface area (Å²) < 4.78 is 0. The molecule has 4 heteroatoms. The molecule has 0 aliphatic rings. The predicted molar refractivity (Wildman–Crippen MR) is 55.3 cm³/mol. The van der Waals surface area contributed by atoms with Gasteiger partial charge in [-0.1, -0.05) is 13.3 Å². The van der Waals surface area contributed by atoms with Crippen LogP contribution in [0.2, 0.25) is 0 Å². The number of hydrogen-bond acceptors (Lipinski definition) is 3. The van der Waals surface area contributed by atoms with Gasteiger partial charge >= 0.3 is 0 Å². The van der Waals surface area contributed by atoms with E-state index >= 15 is 0 Å². The molecule has 0 bridgehead atoms. The van der Waals surface area contributed by atoms with E-state index in [2.05, 4.69) is 11.4 Å². The number of hydrogen-bond donors (Lipinski definition) is 2. The molecule has 4 nitrogen and oxygen atoms in total. The average molecular weight is 197 g/mol. The fourth-order valence-corrected chi connectivity index (χ4v) is 0.921. The topological polar surface area (TPSA) is 78.9 Å². The van der Waals surface area contributed by atoms with E-state index in [1.54, 1.807) is 13.8 Å². The Morgan fingerprint density at radius 1 is 1.64 bits per heavy atom. The van der Waals surface area contributed by atoms with Gasteiger partial charge in [-0.15, -0.1) is 0 Å². The summed E-state index contributed by atoms with van der Waals surface area (Å²) in [4.78, 5) is 11.4. The van der Waals surface area contributed by atoms with E-state index in [0.29, 0.717) is 13.0 Å². The number of nitrogens with zero attached hydrogens (tertiary/aromatic N) is 1. The Morgan fingerprint density at radius 3 is 2.64 bits per heavy atom. The highest BCUT2D eigenvalue weighted by Gasteiger charge is 2.19. The number of carbonyl (C=O) groups excluding carboxylic acids is 1. The first-order chi connectivity index (χ1) is 6.43. The highest BCUT2D eigenvalue weighted by molar-refractivity contribution is 5.81. The normalized spacial score (nSPS) is 13.1. The molecule has 0 unspecified atom stereocenters. The maximum atomic E-state index is 11.4. The van der Waals surface area contributed by atoms with Crippen LogP contribution in [0.1, 0.15) is 33.6 Å². The Labute approximate surface area is 85.5 Å². The second kappa shape index (κ2) is 5.61. The van der Waals surface area contributed by atoms with Crippen molar-refractivity contribution >= 4 is 5.91 Å². The van der Waals surface area contributed by atoms with Crippen LogP contribution in [-0.4, -0.2) is 18.5 Å². The van der Waals surface area contributed by atoms with E-state index in [1.807, 2.05) is 6.92 Å². The lowest BCUT2D eigenvalue weighted by molar-refractivity contribution is -0.122. The fraction of sp³-hybridized carbons (Fsp3) is 0.800. The van der Waals surface area contributed by atoms with E-state index in [0.717, 1.165) is 6.42 Å². The molecule has 0 aromatic heterocycles. The van der Waals surface area contributed by atoms with Gasteiger partial charge in [0.05, 0.1) is 17.5 Å². The van der Waals surface area contributed by atoms with Crippen LogP contribution in [0, 0.1) is 16.7 Å². The summed E-state index contributed by atoms with van der Waals surface area (Å²) in [5.74, 6) is -0.171. The van der Waals surface area contributed by atoms with E-state index in [1.165, 1.54) is 0 Å². The van der Waals surface area contributed by atoms with E-state index < -0.39 is 11.5 Å². The van der Waals surface area contributed by atoms with Crippen LogP contribution in [0.3, 0.4) is 0 Å². The van der Waals surface area contributed by atoms with Crippen molar-refractivity contribution in [1.82, 2.24) is 5.32 Å². The summed E-state index contributed by atoms with van der Waals surface area (Å²) in [7, 11) is 0. The molecule has 0 spiro atoms. The molecule has 0 rings (SSSR count). The summed E-state index contributed by atoms with van der Waals surface area (Å²) in [5, 5.41) is 11.4. The number of nitrogens with two attached hydrogens (primary N) is 1. The van der Waals surface area contributed by atoms with Gasteiger partial charge in [0, 0.05) is 6.54 Å². The van der Waals surface area contributed by atoms with Crippen LogP contribution in [-0.2, 0) is 4.79 Å². The second-order valence-electron chi connectivity index (χ2n) is 4.11. The third-order valence-electron chi connectivity index (χ3n) is 1.94. The van der Waals surface area contributed by atoms with Gasteiger partial charge in [0.15, 0.2) is 0 Å². The molecule has 80 valence electrons. The molecule has 0 aliphatic heterocycles. The van der Waals surface area contributed by atoms with Crippen molar-refractivity contribution in [3.05, 3.63) is 0 Å². The number of nitrogens with one attached hydrogen (secondary N) is 1. The Hall–Kier alpha value is -1.08. The molecule has 0 aromatic carbocycles. The summed E-state index contributed by atoms with van der Waals surface area (Å²) in [6.07, 6.45) is 1.56. The van der Waals surface area contributed by atoms with Gasteiger partial charge in [-0.05, 0) is 20.3 Å². The lowest BCUT2D eigenvalue weighted by atomic mass is 9.96. The van der Waals surface area contributed by atoms with Gasteiger partial charge in [-0.3, -0.25) is 4.79 Å². The minimum Gasteiger partial charge on any atom is -0.353 e. The molecule has 0 fully saturated rings. The van der Waals surface area contributed by atoms with E-state index in [9.17, 15) is 4.79 Å². The molecule has 0 saturated carbocycles. The number of rotatable bonds is 5. The molecule has 0 aromatic rings. The van der Waals surface area contributed by atoms with Crippen molar-refractivity contribution in [3.8, 4) is 6.07 Å². The summed E-state index contributed by atoms with van der Waals surface area (Å²) in [5.41, 5.74) is 5.08. The van der Waals surface area contributed by atoms with E-state index in [4.69, 9.17) is 11.0 Å². The fourth-order valence-electron chi connectivity index (χ4n) is 0.921. The Morgan fingerprint density at radius 2 is 2.21 bits per heavy atom. The quantitative estimate of drug-likeness (QED) is 0.683. The van der Waals surface area contributed by atoms with Crippen molar-refractivity contribution in [3.63, 3.8) is 0 Å². The molecule has 0 saturated heterocycles. The number of amides is 1. The maximum absolute atomic E-state index is 11.4. The van der Waals surface area contributed by atoms with Gasteiger partial charge in [0.25, 0.3) is 0 Å². The molecule has 3 N–H and O–H groups in total. The first-order valence-electron chi connectivity index (χ1n) is 4.87. The zero-order valence-corrected chi connectivity index (χ0v) is 9.13.